The standard InChI is InChI=1S/C14H11ClN6/c15-11-3-1-9(2-4-11)12-14(19-16)18-13(21-20-12)10-5-7-17-8-6-10/h1-8H,16H2,(H,18,19,21). The minimum Gasteiger partial charge on any atom is -0.307 e. The molecule has 0 saturated carbocycles. The summed E-state index contributed by atoms with van der Waals surface area (Å²) in [5, 5.41) is 8.99. The largest absolute Gasteiger partial charge is 0.307 e. The highest BCUT2D eigenvalue weighted by atomic mass is 35.5. The van der Waals surface area contributed by atoms with Gasteiger partial charge in [0.25, 0.3) is 0 Å². The van der Waals surface area contributed by atoms with Crippen molar-refractivity contribution in [1.82, 2.24) is 20.2 Å². The summed E-state index contributed by atoms with van der Waals surface area (Å²) < 4.78 is 0. The zero-order valence-electron chi connectivity index (χ0n) is 10.9. The normalized spacial score (nSPS) is 10.4. The van der Waals surface area contributed by atoms with Crippen molar-refractivity contribution in [2.45, 2.75) is 0 Å². The van der Waals surface area contributed by atoms with Crippen LogP contribution in [0.4, 0.5) is 5.82 Å². The van der Waals surface area contributed by atoms with Crippen LogP contribution < -0.4 is 11.3 Å². The van der Waals surface area contributed by atoms with Gasteiger partial charge in [0, 0.05) is 28.5 Å². The molecule has 2 heterocycles. The molecule has 0 aliphatic heterocycles. The number of nitrogen functional groups attached to an aromatic ring is 1. The van der Waals surface area contributed by atoms with Crippen molar-refractivity contribution in [3.8, 4) is 22.6 Å². The lowest BCUT2D eigenvalue weighted by molar-refractivity contribution is 0.982. The molecular weight excluding hydrogens is 288 g/mol. The van der Waals surface area contributed by atoms with Crippen LogP contribution in [0.1, 0.15) is 0 Å². The Morgan fingerprint density at radius 3 is 2.29 bits per heavy atom. The smallest absolute Gasteiger partial charge is 0.183 e. The molecule has 6 nitrogen and oxygen atoms in total. The van der Waals surface area contributed by atoms with E-state index in [4.69, 9.17) is 17.4 Å². The van der Waals surface area contributed by atoms with Gasteiger partial charge in [-0.2, -0.15) is 0 Å². The molecule has 0 aliphatic carbocycles. The fraction of sp³-hybridized carbons (Fsp3) is 0. The molecular formula is C14H11ClN6. The van der Waals surface area contributed by atoms with Crippen LogP contribution in [0.5, 0.6) is 0 Å². The van der Waals surface area contributed by atoms with Crippen LogP contribution in [0, 0.1) is 0 Å². The Kier molecular flexibility index (Phi) is 3.72. The van der Waals surface area contributed by atoms with Gasteiger partial charge in [0.05, 0.1) is 0 Å². The Morgan fingerprint density at radius 2 is 1.62 bits per heavy atom. The van der Waals surface area contributed by atoms with Gasteiger partial charge in [-0.1, -0.05) is 23.7 Å². The summed E-state index contributed by atoms with van der Waals surface area (Å²) in [7, 11) is 0. The van der Waals surface area contributed by atoms with Gasteiger partial charge >= 0.3 is 0 Å². The first kappa shape index (κ1) is 13.4. The molecule has 3 rings (SSSR count). The average molecular weight is 299 g/mol. The summed E-state index contributed by atoms with van der Waals surface area (Å²) >= 11 is 5.88. The first-order valence-electron chi connectivity index (χ1n) is 6.15. The number of halogens is 1. The van der Waals surface area contributed by atoms with Crippen molar-refractivity contribution < 1.29 is 0 Å². The van der Waals surface area contributed by atoms with Crippen molar-refractivity contribution in [2.75, 3.05) is 5.43 Å². The Bertz CT molecular complexity index is 745. The highest BCUT2D eigenvalue weighted by molar-refractivity contribution is 6.30. The van der Waals surface area contributed by atoms with E-state index in [-0.39, 0.29) is 0 Å². The minimum atomic E-state index is 0.444. The van der Waals surface area contributed by atoms with Gasteiger partial charge in [-0.05, 0) is 24.3 Å². The fourth-order valence-electron chi connectivity index (χ4n) is 1.85. The number of nitrogens with one attached hydrogen (secondary N) is 1. The Morgan fingerprint density at radius 1 is 0.905 bits per heavy atom. The maximum Gasteiger partial charge on any atom is 0.183 e. The van der Waals surface area contributed by atoms with Gasteiger partial charge in [0.1, 0.15) is 5.69 Å². The minimum absolute atomic E-state index is 0.444. The molecule has 0 spiro atoms. The maximum atomic E-state index is 5.88. The molecule has 0 unspecified atom stereocenters. The molecule has 1 aromatic carbocycles. The highest BCUT2D eigenvalue weighted by Gasteiger charge is 2.11. The SMILES string of the molecule is NNc1nc(-c2ccncc2)nnc1-c1ccc(Cl)cc1. The monoisotopic (exact) mass is 298 g/mol. The van der Waals surface area contributed by atoms with Gasteiger partial charge < -0.3 is 5.43 Å². The Hall–Kier alpha value is -2.57. The number of pyridine rings is 1. The zero-order valence-corrected chi connectivity index (χ0v) is 11.6. The number of aromatic nitrogens is 4. The van der Waals surface area contributed by atoms with E-state index in [0.29, 0.717) is 22.4 Å². The van der Waals surface area contributed by atoms with Crippen molar-refractivity contribution in [3.63, 3.8) is 0 Å². The van der Waals surface area contributed by atoms with Gasteiger partial charge in [0.15, 0.2) is 11.6 Å². The average Bonchev–Trinajstić information content (AvgIpc) is 2.56. The second-order valence-electron chi connectivity index (χ2n) is 4.22. The quantitative estimate of drug-likeness (QED) is 0.570. The van der Waals surface area contributed by atoms with E-state index < -0.39 is 0 Å². The maximum absolute atomic E-state index is 5.88. The Labute approximate surface area is 126 Å². The van der Waals surface area contributed by atoms with Crippen molar-refractivity contribution in [2.24, 2.45) is 5.84 Å². The molecule has 21 heavy (non-hydrogen) atoms. The van der Waals surface area contributed by atoms with Gasteiger partial charge in [-0.15, -0.1) is 10.2 Å². The van der Waals surface area contributed by atoms with Gasteiger partial charge in [-0.25, -0.2) is 10.8 Å². The third kappa shape index (κ3) is 2.81. The molecule has 0 atom stereocenters. The van der Waals surface area contributed by atoms with Crippen LogP contribution in [-0.2, 0) is 0 Å². The number of hydrazine groups is 1. The third-order valence-electron chi connectivity index (χ3n) is 2.88. The summed E-state index contributed by atoms with van der Waals surface area (Å²) in [5.74, 6) is 6.46. The lowest BCUT2D eigenvalue weighted by atomic mass is 10.1. The number of hydrogen-bond acceptors (Lipinski definition) is 6. The number of hydrogen-bond donors (Lipinski definition) is 2. The first-order valence-corrected chi connectivity index (χ1v) is 6.53. The van der Waals surface area contributed by atoms with Crippen LogP contribution in [-0.4, -0.2) is 20.2 Å². The summed E-state index contributed by atoms with van der Waals surface area (Å²) in [4.78, 5) is 8.35. The second kappa shape index (κ2) is 5.82. The zero-order chi connectivity index (χ0) is 14.7. The molecule has 0 amide bonds. The van der Waals surface area contributed by atoms with Crippen LogP contribution in [0.15, 0.2) is 48.8 Å². The van der Waals surface area contributed by atoms with E-state index in [2.05, 4.69) is 25.6 Å². The van der Waals surface area contributed by atoms with E-state index in [9.17, 15) is 0 Å². The van der Waals surface area contributed by atoms with Crippen LogP contribution in [0.3, 0.4) is 0 Å². The lowest BCUT2D eigenvalue weighted by Gasteiger charge is -2.08. The predicted molar refractivity (Wildman–Crippen MR) is 81.3 cm³/mol. The van der Waals surface area contributed by atoms with Crippen molar-refractivity contribution in [3.05, 3.63) is 53.8 Å². The molecule has 7 heteroatoms. The number of anilines is 1. The number of nitrogens with two attached hydrogens (primary N) is 1. The highest BCUT2D eigenvalue weighted by Crippen LogP contribution is 2.26. The van der Waals surface area contributed by atoms with Crippen molar-refractivity contribution in [1.29, 1.82) is 0 Å². The van der Waals surface area contributed by atoms with Gasteiger partial charge in [0.2, 0.25) is 0 Å². The number of nitrogens with zero attached hydrogens (tertiary/aromatic N) is 4. The van der Waals surface area contributed by atoms with Crippen LogP contribution in [0.25, 0.3) is 22.6 Å². The predicted octanol–water partition coefficient (Wildman–Crippen LogP) is 2.54. The van der Waals surface area contributed by atoms with E-state index in [1.165, 1.54) is 0 Å². The number of rotatable bonds is 3. The van der Waals surface area contributed by atoms with Crippen LogP contribution in [0.2, 0.25) is 5.02 Å². The molecule has 2 aromatic heterocycles. The molecule has 0 fully saturated rings. The molecule has 104 valence electrons. The molecule has 0 aliphatic rings. The number of benzene rings is 1. The Balaban J connectivity index is 2.06. The second-order valence-corrected chi connectivity index (χ2v) is 4.66. The van der Waals surface area contributed by atoms with E-state index in [1.807, 2.05) is 12.1 Å². The molecule has 0 radical (unpaired) electrons. The summed E-state index contributed by atoms with van der Waals surface area (Å²) in [6.07, 6.45) is 3.34. The first-order chi connectivity index (χ1) is 10.3. The van der Waals surface area contributed by atoms with E-state index in [1.54, 1.807) is 36.7 Å². The summed E-state index contributed by atoms with van der Waals surface area (Å²) in [6.45, 7) is 0. The summed E-state index contributed by atoms with van der Waals surface area (Å²) in [5.41, 5.74) is 4.76. The van der Waals surface area contributed by atoms with Crippen LogP contribution >= 0.6 is 11.6 Å². The molecule has 0 saturated heterocycles. The van der Waals surface area contributed by atoms with E-state index in [0.717, 1.165) is 11.1 Å². The lowest BCUT2D eigenvalue weighted by Crippen LogP contribution is -2.12. The molecule has 3 aromatic rings. The fourth-order valence-corrected chi connectivity index (χ4v) is 1.98. The third-order valence-corrected chi connectivity index (χ3v) is 3.13. The van der Waals surface area contributed by atoms with E-state index >= 15 is 0 Å². The molecule has 0 bridgehead atoms. The summed E-state index contributed by atoms with van der Waals surface area (Å²) in [6, 6.07) is 10.8. The van der Waals surface area contributed by atoms with Gasteiger partial charge in [-0.3, -0.25) is 4.98 Å². The van der Waals surface area contributed by atoms with Crippen molar-refractivity contribution >= 4 is 17.4 Å². The molecule has 3 N–H and O–H groups in total. The topological polar surface area (TPSA) is 89.6 Å².